The fourth-order valence-electron chi connectivity index (χ4n) is 2.18. The van der Waals surface area contributed by atoms with E-state index in [9.17, 15) is 18.0 Å². The summed E-state index contributed by atoms with van der Waals surface area (Å²) in [6.07, 6.45) is -3.58. The molecule has 2 nitrogen and oxygen atoms in total. The summed E-state index contributed by atoms with van der Waals surface area (Å²) in [5.41, 5.74) is -0.248. The first kappa shape index (κ1) is 15.6. The van der Waals surface area contributed by atoms with Gasteiger partial charge in [-0.3, -0.25) is 4.79 Å². The molecule has 0 saturated carbocycles. The predicted octanol–water partition coefficient (Wildman–Crippen LogP) is 5.31. The van der Waals surface area contributed by atoms with Gasteiger partial charge in [0.1, 0.15) is 12.4 Å². The first-order valence-corrected chi connectivity index (χ1v) is 7.55. The summed E-state index contributed by atoms with van der Waals surface area (Å²) in [5.74, 6) is 0.550. The normalized spacial score (nSPS) is 11.6. The Morgan fingerprint density at radius 2 is 1.91 bits per heavy atom. The molecule has 0 N–H and O–H groups in total. The van der Waals surface area contributed by atoms with Crippen molar-refractivity contribution >= 4 is 27.7 Å². The molecule has 0 fully saturated rings. The van der Waals surface area contributed by atoms with E-state index >= 15 is 0 Å². The van der Waals surface area contributed by atoms with Gasteiger partial charge in [0.2, 0.25) is 0 Å². The maximum atomic E-state index is 12.7. The number of carbonyl (C=O) groups is 1. The van der Waals surface area contributed by atoms with Crippen molar-refractivity contribution in [3.05, 3.63) is 64.5 Å². The van der Waals surface area contributed by atoms with Crippen LogP contribution in [0, 0.1) is 0 Å². The van der Waals surface area contributed by atoms with Gasteiger partial charge in [0.25, 0.3) is 0 Å². The van der Waals surface area contributed by atoms with Crippen molar-refractivity contribution in [2.45, 2.75) is 12.8 Å². The fraction of sp³-hybridized carbons (Fsp3) is 0.118. The van der Waals surface area contributed by atoms with Gasteiger partial charge >= 0.3 is 6.18 Å². The summed E-state index contributed by atoms with van der Waals surface area (Å²) >= 11 is 1.34. The van der Waals surface area contributed by atoms with Crippen molar-refractivity contribution in [2.24, 2.45) is 0 Å². The van der Waals surface area contributed by atoms with Gasteiger partial charge in [-0.05, 0) is 47.3 Å². The van der Waals surface area contributed by atoms with Crippen molar-refractivity contribution in [3.63, 3.8) is 0 Å². The Hall–Kier alpha value is -2.34. The second-order valence-electron chi connectivity index (χ2n) is 4.95. The monoisotopic (exact) mass is 336 g/mol. The first-order valence-electron chi connectivity index (χ1n) is 6.73. The van der Waals surface area contributed by atoms with Crippen LogP contribution in [-0.4, -0.2) is 6.29 Å². The van der Waals surface area contributed by atoms with Crippen LogP contribution in [0.4, 0.5) is 13.2 Å². The van der Waals surface area contributed by atoms with Crippen LogP contribution in [-0.2, 0) is 12.8 Å². The second-order valence-corrected chi connectivity index (χ2v) is 6.07. The number of carbonyl (C=O) groups excluding carboxylic acids is 1. The third-order valence-electron chi connectivity index (χ3n) is 3.29. The molecule has 1 aromatic heterocycles. The van der Waals surface area contributed by atoms with Gasteiger partial charge in [0, 0.05) is 4.70 Å². The zero-order chi connectivity index (χ0) is 16.4. The minimum atomic E-state index is -4.36. The Kier molecular flexibility index (Phi) is 4.09. The Labute approximate surface area is 134 Å². The maximum absolute atomic E-state index is 12.7. The smallest absolute Gasteiger partial charge is 0.416 e. The van der Waals surface area contributed by atoms with E-state index in [-0.39, 0.29) is 6.61 Å². The van der Waals surface area contributed by atoms with Gasteiger partial charge in [0.15, 0.2) is 6.29 Å². The molecule has 0 radical (unpaired) electrons. The quantitative estimate of drug-likeness (QED) is 0.603. The average molecular weight is 336 g/mol. The molecule has 0 aliphatic carbocycles. The number of halogens is 3. The van der Waals surface area contributed by atoms with Gasteiger partial charge < -0.3 is 4.74 Å². The van der Waals surface area contributed by atoms with Crippen molar-refractivity contribution < 1.29 is 22.7 Å². The summed E-state index contributed by atoms with van der Waals surface area (Å²) in [7, 11) is 0. The number of rotatable bonds is 4. The fourth-order valence-corrected chi connectivity index (χ4v) is 3.09. The molecule has 0 unspecified atom stereocenters. The summed E-state index contributed by atoms with van der Waals surface area (Å²) in [4.78, 5) is 11.4. The number of hydrogen-bond donors (Lipinski definition) is 0. The van der Waals surface area contributed by atoms with E-state index in [1.54, 1.807) is 24.3 Å². The second kappa shape index (κ2) is 6.04. The third-order valence-corrected chi connectivity index (χ3v) is 4.31. The van der Waals surface area contributed by atoms with Crippen LogP contribution in [0.1, 0.15) is 20.8 Å². The van der Waals surface area contributed by atoms with E-state index < -0.39 is 11.7 Å². The predicted molar refractivity (Wildman–Crippen MR) is 83.0 cm³/mol. The van der Waals surface area contributed by atoms with E-state index in [0.29, 0.717) is 16.2 Å². The highest BCUT2D eigenvalue weighted by Crippen LogP contribution is 2.31. The molecule has 2 aromatic carbocycles. The molecule has 6 heteroatoms. The van der Waals surface area contributed by atoms with Crippen LogP contribution in [0.5, 0.6) is 5.75 Å². The Balaban J connectivity index is 1.76. The average Bonchev–Trinajstić information content (AvgIpc) is 2.94. The number of thiophene rings is 1. The number of benzene rings is 2. The maximum Gasteiger partial charge on any atom is 0.416 e. The standard InChI is InChI=1S/C17H11F3O2S/c18-17(19,20)13-3-1-2-11(6-13)10-22-14-5-4-12-7-15(9-21)23-16(12)8-14/h1-9H,10H2. The minimum absolute atomic E-state index is 0.0430. The van der Waals surface area contributed by atoms with Crippen molar-refractivity contribution in [1.29, 1.82) is 0 Å². The van der Waals surface area contributed by atoms with Crippen LogP contribution >= 0.6 is 11.3 Å². The molecule has 0 aliphatic heterocycles. The SMILES string of the molecule is O=Cc1cc2ccc(OCc3cccc(C(F)(F)F)c3)cc2s1. The van der Waals surface area contributed by atoms with Gasteiger partial charge in [-0.15, -0.1) is 11.3 Å². The van der Waals surface area contributed by atoms with Crippen LogP contribution in [0.15, 0.2) is 48.5 Å². The molecule has 0 bridgehead atoms. The summed E-state index contributed by atoms with van der Waals surface area (Å²) in [6.45, 7) is 0.0430. The lowest BCUT2D eigenvalue weighted by molar-refractivity contribution is -0.137. The largest absolute Gasteiger partial charge is 0.489 e. The summed E-state index contributed by atoms with van der Waals surface area (Å²) < 4.78 is 44.5. The zero-order valence-corrected chi connectivity index (χ0v) is 12.6. The van der Waals surface area contributed by atoms with E-state index in [2.05, 4.69) is 0 Å². The lowest BCUT2D eigenvalue weighted by atomic mass is 10.1. The van der Waals surface area contributed by atoms with E-state index in [4.69, 9.17) is 4.74 Å². The minimum Gasteiger partial charge on any atom is -0.489 e. The number of ether oxygens (including phenoxy) is 1. The highest BCUT2D eigenvalue weighted by Gasteiger charge is 2.30. The number of alkyl halides is 3. The highest BCUT2D eigenvalue weighted by molar-refractivity contribution is 7.20. The Bertz CT molecular complexity index is 852. The van der Waals surface area contributed by atoms with Gasteiger partial charge in [-0.1, -0.05) is 12.1 Å². The van der Waals surface area contributed by atoms with E-state index in [1.807, 2.05) is 6.07 Å². The molecule has 0 saturated heterocycles. The molecule has 0 spiro atoms. The van der Waals surface area contributed by atoms with Gasteiger partial charge in [-0.25, -0.2) is 0 Å². The molecule has 0 amide bonds. The molecule has 23 heavy (non-hydrogen) atoms. The molecular formula is C17H11F3O2S. The summed E-state index contributed by atoms with van der Waals surface area (Å²) in [6, 6.07) is 12.2. The van der Waals surface area contributed by atoms with Gasteiger partial charge in [-0.2, -0.15) is 13.2 Å². The Morgan fingerprint density at radius 1 is 1.09 bits per heavy atom. The molecule has 0 atom stereocenters. The van der Waals surface area contributed by atoms with Crippen molar-refractivity contribution in [3.8, 4) is 5.75 Å². The number of fused-ring (bicyclic) bond motifs is 1. The first-order chi connectivity index (χ1) is 11.0. The van der Waals surface area contributed by atoms with Crippen molar-refractivity contribution in [2.75, 3.05) is 0 Å². The lowest BCUT2D eigenvalue weighted by Gasteiger charge is -2.10. The number of hydrogen-bond acceptors (Lipinski definition) is 3. The highest BCUT2D eigenvalue weighted by atomic mass is 32.1. The molecule has 0 aliphatic rings. The van der Waals surface area contributed by atoms with Crippen LogP contribution in [0.3, 0.4) is 0 Å². The van der Waals surface area contributed by atoms with E-state index in [0.717, 1.165) is 28.5 Å². The van der Waals surface area contributed by atoms with Crippen molar-refractivity contribution in [1.82, 2.24) is 0 Å². The van der Waals surface area contributed by atoms with E-state index in [1.165, 1.54) is 17.4 Å². The zero-order valence-electron chi connectivity index (χ0n) is 11.8. The van der Waals surface area contributed by atoms with Crippen LogP contribution < -0.4 is 4.74 Å². The topological polar surface area (TPSA) is 26.3 Å². The summed E-state index contributed by atoms with van der Waals surface area (Å²) in [5, 5.41) is 0.934. The molecule has 1 heterocycles. The molecule has 3 rings (SSSR count). The van der Waals surface area contributed by atoms with Crippen LogP contribution in [0.2, 0.25) is 0 Å². The third kappa shape index (κ3) is 3.53. The molecule has 3 aromatic rings. The lowest BCUT2D eigenvalue weighted by Crippen LogP contribution is -2.06. The van der Waals surface area contributed by atoms with Crippen LogP contribution in [0.25, 0.3) is 10.1 Å². The Morgan fingerprint density at radius 3 is 2.65 bits per heavy atom. The molecular weight excluding hydrogens is 325 g/mol. The molecule has 118 valence electrons. The van der Waals surface area contributed by atoms with Gasteiger partial charge in [0.05, 0.1) is 10.4 Å². The number of aldehydes is 1.